The molecule has 0 saturated heterocycles. The molecule has 92 valence electrons. The van der Waals surface area contributed by atoms with Gasteiger partial charge in [-0.25, -0.2) is 0 Å². The van der Waals surface area contributed by atoms with Crippen molar-refractivity contribution in [3.63, 3.8) is 0 Å². The minimum Gasteiger partial charge on any atom is -0.316 e. The smallest absolute Gasteiger partial charge is 0.00230 e. The van der Waals surface area contributed by atoms with Crippen LogP contribution in [0.2, 0.25) is 0 Å². The third-order valence-electron chi connectivity index (χ3n) is 2.85. The Morgan fingerprint density at radius 3 is 2.13 bits per heavy atom. The molecule has 1 heteroatoms. The van der Waals surface area contributed by atoms with E-state index in [1.807, 2.05) is 0 Å². The molecule has 0 rings (SSSR count). The fraction of sp³-hybridized carbons (Fsp3) is 1.00. The van der Waals surface area contributed by atoms with E-state index in [9.17, 15) is 0 Å². The van der Waals surface area contributed by atoms with Crippen LogP contribution in [0.25, 0.3) is 0 Å². The van der Waals surface area contributed by atoms with Gasteiger partial charge in [0.2, 0.25) is 0 Å². The highest BCUT2D eigenvalue weighted by Crippen LogP contribution is 2.10. The SMILES string of the molecule is CCCCCCCC(C)CNCC(C)C. The van der Waals surface area contributed by atoms with Crippen molar-refractivity contribution in [2.45, 2.75) is 66.2 Å². The van der Waals surface area contributed by atoms with Crippen molar-refractivity contribution in [3.8, 4) is 0 Å². The van der Waals surface area contributed by atoms with E-state index < -0.39 is 0 Å². The van der Waals surface area contributed by atoms with E-state index in [0.717, 1.165) is 11.8 Å². The van der Waals surface area contributed by atoms with Crippen LogP contribution in [0.3, 0.4) is 0 Å². The van der Waals surface area contributed by atoms with Gasteiger partial charge in [0, 0.05) is 0 Å². The topological polar surface area (TPSA) is 12.0 Å². The largest absolute Gasteiger partial charge is 0.316 e. The molecule has 0 aliphatic rings. The van der Waals surface area contributed by atoms with Gasteiger partial charge in [0.05, 0.1) is 0 Å². The van der Waals surface area contributed by atoms with Gasteiger partial charge in [0.15, 0.2) is 0 Å². The van der Waals surface area contributed by atoms with Crippen molar-refractivity contribution in [1.29, 1.82) is 0 Å². The number of nitrogens with one attached hydrogen (secondary N) is 1. The normalized spacial score (nSPS) is 13.4. The lowest BCUT2D eigenvalue weighted by molar-refractivity contribution is 0.434. The van der Waals surface area contributed by atoms with Crippen molar-refractivity contribution in [1.82, 2.24) is 5.32 Å². The summed E-state index contributed by atoms with van der Waals surface area (Å²) in [5.41, 5.74) is 0. The Labute approximate surface area is 97.0 Å². The quantitative estimate of drug-likeness (QED) is 0.536. The van der Waals surface area contributed by atoms with Crippen LogP contribution >= 0.6 is 0 Å². The lowest BCUT2D eigenvalue weighted by atomic mass is 10.0. The Balaban J connectivity index is 3.15. The molecule has 0 heterocycles. The molecule has 0 spiro atoms. The maximum absolute atomic E-state index is 3.54. The molecule has 1 atom stereocenters. The minimum atomic E-state index is 0.779. The van der Waals surface area contributed by atoms with Crippen LogP contribution in [-0.2, 0) is 0 Å². The zero-order valence-corrected chi connectivity index (χ0v) is 11.3. The molecule has 0 aromatic rings. The molecule has 1 unspecified atom stereocenters. The van der Waals surface area contributed by atoms with E-state index in [1.165, 1.54) is 51.6 Å². The van der Waals surface area contributed by atoms with Gasteiger partial charge in [-0.05, 0) is 31.3 Å². The number of hydrogen-bond acceptors (Lipinski definition) is 1. The van der Waals surface area contributed by atoms with E-state index in [0.29, 0.717) is 0 Å². The van der Waals surface area contributed by atoms with Crippen molar-refractivity contribution in [2.75, 3.05) is 13.1 Å². The van der Waals surface area contributed by atoms with Gasteiger partial charge in [0.25, 0.3) is 0 Å². The monoisotopic (exact) mass is 213 g/mol. The summed E-state index contributed by atoms with van der Waals surface area (Å²) in [5, 5.41) is 3.54. The molecule has 0 amide bonds. The Bertz CT molecular complexity index is 121. The highest BCUT2D eigenvalue weighted by molar-refractivity contribution is 4.59. The van der Waals surface area contributed by atoms with E-state index in [4.69, 9.17) is 0 Å². The molecule has 0 aliphatic carbocycles. The average Bonchev–Trinajstić information content (AvgIpc) is 2.17. The third-order valence-corrected chi connectivity index (χ3v) is 2.85. The minimum absolute atomic E-state index is 0.779. The van der Waals surface area contributed by atoms with Crippen LogP contribution in [0.4, 0.5) is 0 Å². The van der Waals surface area contributed by atoms with Gasteiger partial charge in [-0.3, -0.25) is 0 Å². The molecule has 15 heavy (non-hydrogen) atoms. The molecule has 0 fully saturated rings. The average molecular weight is 213 g/mol. The third kappa shape index (κ3) is 11.9. The van der Waals surface area contributed by atoms with E-state index in [2.05, 4.69) is 33.0 Å². The lowest BCUT2D eigenvalue weighted by Crippen LogP contribution is -2.25. The molecule has 0 saturated carbocycles. The van der Waals surface area contributed by atoms with Crippen molar-refractivity contribution >= 4 is 0 Å². The summed E-state index contributed by atoms with van der Waals surface area (Å²) in [6, 6.07) is 0. The summed E-state index contributed by atoms with van der Waals surface area (Å²) < 4.78 is 0. The molecule has 0 aromatic carbocycles. The molecular weight excluding hydrogens is 182 g/mol. The van der Waals surface area contributed by atoms with Gasteiger partial charge in [-0.1, -0.05) is 59.8 Å². The first-order valence-electron chi connectivity index (χ1n) is 6.87. The highest BCUT2D eigenvalue weighted by atomic mass is 14.9. The molecular formula is C14H31N. The molecule has 0 aliphatic heterocycles. The number of unbranched alkanes of at least 4 members (excludes halogenated alkanes) is 4. The standard InChI is InChI=1S/C14H31N/c1-5-6-7-8-9-10-14(4)12-15-11-13(2)3/h13-15H,5-12H2,1-4H3. The predicted octanol–water partition coefficient (Wildman–Crippen LogP) is 4.23. The fourth-order valence-electron chi connectivity index (χ4n) is 1.82. The number of rotatable bonds is 10. The summed E-state index contributed by atoms with van der Waals surface area (Å²) >= 11 is 0. The molecule has 1 nitrogen and oxygen atoms in total. The molecule has 1 N–H and O–H groups in total. The van der Waals surface area contributed by atoms with Crippen LogP contribution in [0, 0.1) is 11.8 Å². The summed E-state index contributed by atoms with van der Waals surface area (Å²) in [7, 11) is 0. The van der Waals surface area contributed by atoms with Gasteiger partial charge < -0.3 is 5.32 Å². The van der Waals surface area contributed by atoms with Crippen LogP contribution in [0.15, 0.2) is 0 Å². The summed E-state index contributed by atoms with van der Waals surface area (Å²) in [4.78, 5) is 0. The highest BCUT2D eigenvalue weighted by Gasteiger charge is 2.01. The van der Waals surface area contributed by atoms with E-state index in [1.54, 1.807) is 0 Å². The maximum Gasteiger partial charge on any atom is -0.00230 e. The first kappa shape index (κ1) is 15.0. The summed E-state index contributed by atoms with van der Waals surface area (Å²) in [6.07, 6.45) is 8.45. The first-order valence-corrected chi connectivity index (χ1v) is 6.87. The Morgan fingerprint density at radius 2 is 1.53 bits per heavy atom. The zero-order valence-electron chi connectivity index (χ0n) is 11.3. The van der Waals surface area contributed by atoms with Gasteiger partial charge >= 0.3 is 0 Å². The second-order valence-corrected chi connectivity index (χ2v) is 5.36. The van der Waals surface area contributed by atoms with E-state index >= 15 is 0 Å². The molecule has 0 radical (unpaired) electrons. The van der Waals surface area contributed by atoms with Crippen LogP contribution < -0.4 is 5.32 Å². The summed E-state index contributed by atoms with van der Waals surface area (Å²) in [6.45, 7) is 11.5. The van der Waals surface area contributed by atoms with E-state index in [-0.39, 0.29) is 0 Å². The fourth-order valence-corrected chi connectivity index (χ4v) is 1.82. The second kappa shape index (κ2) is 10.5. The lowest BCUT2D eigenvalue weighted by Gasteiger charge is -2.13. The van der Waals surface area contributed by atoms with Crippen molar-refractivity contribution in [3.05, 3.63) is 0 Å². The summed E-state index contributed by atoms with van der Waals surface area (Å²) in [5.74, 6) is 1.63. The van der Waals surface area contributed by atoms with Crippen LogP contribution in [0.1, 0.15) is 66.2 Å². The van der Waals surface area contributed by atoms with Crippen molar-refractivity contribution in [2.24, 2.45) is 11.8 Å². The van der Waals surface area contributed by atoms with Crippen LogP contribution in [-0.4, -0.2) is 13.1 Å². The Kier molecular flexibility index (Phi) is 10.4. The number of hydrogen-bond donors (Lipinski definition) is 1. The van der Waals surface area contributed by atoms with Gasteiger partial charge in [-0.2, -0.15) is 0 Å². The molecule has 0 bridgehead atoms. The predicted molar refractivity (Wildman–Crippen MR) is 70.2 cm³/mol. The van der Waals surface area contributed by atoms with Gasteiger partial charge in [-0.15, -0.1) is 0 Å². The zero-order chi connectivity index (χ0) is 11.5. The molecule has 0 aromatic heterocycles. The second-order valence-electron chi connectivity index (χ2n) is 5.36. The Morgan fingerprint density at radius 1 is 0.867 bits per heavy atom. The van der Waals surface area contributed by atoms with Crippen molar-refractivity contribution < 1.29 is 0 Å². The van der Waals surface area contributed by atoms with Gasteiger partial charge in [0.1, 0.15) is 0 Å². The van der Waals surface area contributed by atoms with Crippen LogP contribution in [0.5, 0.6) is 0 Å². The maximum atomic E-state index is 3.54. The first-order chi connectivity index (χ1) is 7.16. The Hall–Kier alpha value is -0.0400.